The fraction of sp³-hybridized carbons (Fsp3) is 0.524. The third-order valence-electron chi connectivity index (χ3n) is 4.05. The second-order valence-corrected chi connectivity index (χ2v) is 13.0. The number of aliphatic carboxylic acids is 1. The molecule has 0 amide bonds. The number of carbonyl (C=O) groups is 2. The second kappa shape index (κ2) is 17.7. The van der Waals surface area contributed by atoms with Gasteiger partial charge < -0.3 is 24.2 Å². The van der Waals surface area contributed by atoms with E-state index in [2.05, 4.69) is 23.9 Å². The number of benzene rings is 1. The zero-order valence-electron chi connectivity index (χ0n) is 22.1. The lowest BCUT2D eigenvalue weighted by Gasteiger charge is -2.14. The molecule has 0 bridgehead atoms. The van der Waals surface area contributed by atoms with Gasteiger partial charge in [-0.1, -0.05) is 11.6 Å². The van der Waals surface area contributed by atoms with Crippen LogP contribution in [0.2, 0.25) is 5.02 Å². The number of rotatable bonds is 10. The molecule has 1 heterocycles. The highest BCUT2D eigenvalue weighted by molar-refractivity contribution is 7.94. The molecule has 228 valence electrons. The molecule has 0 saturated carbocycles. The largest absolute Gasteiger partial charge is 0.778 e. The molecule has 1 aromatic heterocycles. The topological polar surface area (TPSA) is 176 Å². The molecule has 19 heteroatoms. The van der Waals surface area contributed by atoms with Gasteiger partial charge in [-0.05, 0) is 42.4 Å². The van der Waals surface area contributed by atoms with Gasteiger partial charge in [0.25, 0.3) is 0 Å². The smallest absolute Gasteiger partial charge is 0.355 e. The minimum absolute atomic E-state index is 0.0424. The lowest BCUT2D eigenvalue weighted by molar-refractivity contribution is -0.193. The number of nitrogens with one attached hydrogen (secondary N) is 1. The highest BCUT2D eigenvalue weighted by Gasteiger charge is 2.23. The van der Waals surface area contributed by atoms with Gasteiger partial charge in [-0.3, -0.25) is 14.9 Å². The zero-order valence-corrected chi connectivity index (χ0v) is 25.3. The molecular formula is C21H30Cl2F3N4O8PS. The highest BCUT2D eigenvalue weighted by Crippen LogP contribution is 2.26. The van der Waals surface area contributed by atoms with E-state index >= 15 is 0 Å². The van der Waals surface area contributed by atoms with Crippen molar-refractivity contribution in [2.24, 2.45) is 0 Å². The van der Waals surface area contributed by atoms with E-state index in [1.165, 1.54) is 6.92 Å². The van der Waals surface area contributed by atoms with Crippen molar-refractivity contribution in [2.75, 3.05) is 38.2 Å². The fourth-order valence-corrected chi connectivity index (χ4v) is 3.42. The number of carboxylic acids is 1. The van der Waals surface area contributed by atoms with Gasteiger partial charge >= 0.3 is 24.2 Å². The number of hydrogen-bond donors (Lipinski definition) is 3. The summed E-state index contributed by atoms with van der Waals surface area (Å²) in [6.07, 6.45) is 5.76. The first-order valence-electron chi connectivity index (χ1n) is 11.0. The summed E-state index contributed by atoms with van der Waals surface area (Å²) in [5.74, 6) is -3.09. The summed E-state index contributed by atoms with van der Waals surface area (Å²) in [5, 5.41) is 12.5. The van der Waals surface area contributed by atoms with E-state index in [0.29, 0.717) is 15.6 Å². The van der Waals surface area contributed by atoms with Crippen LogP contribution in [0.1, 0.15) is 24.9 Å². The standard InChI is InChI=1S/C15H14Cl2F3N3O3.C3H8NO5P.C3H9S/c1-3-26-13(24)10(17)4-8-5-12(11(18)6-9(8)16)23-15(25)22(14(19)20)7(2)21-23;5-3(6)1-4-2-10(7,8)9;1-4(2)3/h5-6,10,14H,3-4H2,1-2H3;4H,1-2H2,(H,5,6)(H2,7,8,9);1-3H3/q;;+1/p-1. The summed E-state index contributed by atoms with van der Waals surface area (Å²) in [6, 6.07) is 2.03. The van der Waals surface area contributed by atoms with Crippen molar-refractivity contribution in [3.05, 3.63) is 44.8 Å². The minimum Gasteiger partial charge on any atom is -0.778 e. The monoisotopic (exact) mass is 656 g/mol. The number of halogens is 5. The molecule has 0 aliphatic carbocycles. The number of nitrogens with zero attached hydrogens (tertiary/aromatic N) is 3. The van der Waals surface area contributed by atoms with Crippen molar-refractivity contribution in [3.63, 3.8) is 0 Å². The Balaban J connectivity index is 0.000000902. The maximum absolute atomic E-state index is 14.2. The Morgan fingerprint density at radius 2 is 1.85 bits per heavy atom. The number of ether oxygens (including phenoxy) is 1. The summed E-state index contributed by atoms with van der Waals surface area (Å²) in [5.41, 5.74) is -1.37. The van der Waals surface area contributed by atoms with Crippen LogP contribution in [0.4, 0.5) is 13.2 Å². The number of carbonyl (C=O) groups excluding carboxylic acids is 1. The van der Waals surface area contributed by atoms with Crippen molar-refractivity contribution in [1.29, 1.82) is 0 Å². The van der Waals surface area contributed by atoms with Crippen molar-refractivity contribution >= 4 is 53.6 Å². The number of esters is 1. The normalized spacial score (nSPS) is 13.1. The molecule has 2 rings (SSSR count). The van der Waals surface area contributed by atoms with Crippen LogP contribution in [0.15, 0.2) is 16.9 Å². The molecule has 40 heavy (non-hydrogen) atoms. The summed E-state index contributed by atoms with van der Waals surface area (Å²) in [4.78, 5) is 51.5. The Bertz CT molecular complexity index is 1240. The van der Waals surface area contributed by atoms with Gasteiger partial charge in [-0.15, -0.1) is 16.7 Å². The van der Waals surface area contributed by atoms with Gasteiger partial charge in [-0.2, -0.15) is 13.5 Å². The fourth-order valence-electron chi connectivity index (χ4n) is 2.57. The SMILES string of the molecule is CCOC(=O)C(Cl)Cc1cc(-n2nc(C)n(C(F)F)c2=O)c(F)cc1Cl.C[S+](C)C.O=C(O)CNCP(=O)([O-])O. The summed E-state index contributed by atoms with van der Waals surface area (Å²) in [7, 11) is -3.71. The van der Waals surface area contributed by atoms with Gasteiger partial charge in [-0.25, -0.2) is 13.8 Å². The van der Waals surface area contributed by atoms with Crippen molar-refractivity contribution in [1.82, 2.24) is 19.7 Å². The number of alkyl halides is 3. The molecule has 0 fully saturated rings. The predicted molar refractivity (Wildman–Crippen MR) is 144 cm³/mol. The van der Waals surface area contributed by atoms with E-state index in [1.54, 1.807) is 6.92 Å². The van der Waals surface area contributed by atoms with Gasteiger partial charge in [0.1, 0.15) is 24.5 Å². The van der Waals surface area contributed by atoms with E-state index in [1.807, 2.05) is 5.32 Å². The Kier molecular flexibility index (Phi) is 16.8. The van der Waals surface area contributed by atoms with E-state index in [9.17, 15) is 37.0 Å². The molecule has 12 nitrogen and oxygen atoms in total. The van der Waals surface area contributed by atoms with Crippen molar-refractivity contribution in [3.8, 4) is 5.69 Å². The maximum atomic E-state index is 14.2. The second-order valence-electron chi connectivity index (χ2n) is 8.05. The van der Waals surface area contributed by atoms with Crippen molar-refractivity contribution < 1.29 is 47.0 Å². The molecule has 1 aromatic carbocycles. The molecule has 2 atom stereocenters. The van der Waals surface area contributed by atoms with Crippen LogP contribution >= 0.6 is 30.8 Å². The van der Waals surface area contributed by atoms with Gasteiger partial charge in [0.2, 0.25) is 0 Å². The number of carboxylic acid groups (broad SMARTS) is 1. The van der Waals surface area contributed by atoms with Crippen LogP contribution in [-0.4, -0.2) is 79.9 Å². The first-order valence-corrected chi connectivity index (χ1v) is 16.0. The predicted octanol–water partition coefficient (Wildman–Crippen LogP) is 1.90. The van der Waals surface area contributed by atoms with E-state index in [-0.39, 0.29) is 39.7 Å². The molecule has 0 aliphatic rings. The zero-order chi connectivity index (χ0) is 31.4. The third kappa shape index (κ3) is 14.0. The molecule has 0 radical (unpaired) electrons. The van der Waals surface area contributed by atoms with E-state index in [0.717, 1.165) is 12.1 Å². The molecule has 0 aliphatic heterocycles. The Hall–Kier alpha value is -2.07. The van der Waals surface area contributed by atoms with Crippen LogP contribution in [0, 0.1) is 12.7 Å². The molecule has 2 aromatic rings. The van der Waals surface area contributed by atoms with Crippen molar-refractivity contribution in [2.45, 2.75) is 32.2 Å². The average Bonchev–Trinajstić information content (AvgIpc) is 3.08. The van der Waals surface area contributed by atoms with Crippen LogP contribution in [0.5, 0.6) is 0 Å². The highest BCUT2D eigenvalue weighted by atomic mass is 35.5. The first-order chi connectivity index (χ1) is 18.3. The Morgan fingerprint density at radius 1 is 1.30 bits per heavy atom. The van der Waals surface area contributed by atoms with E-state index < -0.39 is 55.8 Å². The Morgan fingerprint density at radius 3 is 2.27 bits per heavy atom. The van der Waals surface area contributed by atoms with Crippen LogP contribution in [-0.2, 0) is 36.2 Å². The van der Waals surface area contributed by atoms with Crippen LogP contribution in [0.3, 0.4) is 0 Å². The average molecular weight is 657 g/mol. The van der Waals surface area contributed by atoms with E-state index in [4.69, 9.17) is 37.9 Å². The lowest BCUT2D eigenvalue weighted by Crippen LogP contribution is -2.25. The molecule has 3 N–H and O–H groups in total. The van der Waals surface area contributed by atoms with Crippen LogP contribution in [0.25, 0.3) is 5.69 Å². The minimum atomic E-state index is -4.35. The van der Waals surface area contributed by atoms with Gasteiger partial charge in [0, 0.05) is 11.4 Å². The number of aromatic nitrogens is 3. The lowest BCUT2D eigenvalue weighted by atomic mass is 10.1. The van der Waals surface area contributed by atoms with Gasteiger partial charge in [0.15, 0.2) is 5.82 Å². The quantitative estimate of drug-likeness (QED) is 0.148. The molecule has 2 unspecified atom stereocenters. The summed E-state index contributed by atoms with van der Waals surface area (Å²) >= 11 is 11.9. The third-order valence-corrected chi connectivity index (χ3v) is 5.36. The number of aryl methyl sites for hydroxylation is 1. The Labute approximate surface area is 240 Å². The molecule has 0 spiro atoms. The first kappa shape index (κ1) is 37.9. The van der Waals surface area contributed by atoms with Crippen LogP contribution < -0.4 is 15.9 Å². The van der Waals surface area contributed by atoms with Gasteiger partial charge in [0.05, 0.1) is 38.2 Å². The summed E-state index contributed by atoms with van der Waals surface area (Å²) in [6.45, 7) is -0.675. The number of hydrogen-bond acceptors (Lipinski definition) is 8. The maximum Gasteiger partial charge on any atom is 0.355 e. The molecule has 0 saturated heterocycles. The summed E-state index contributed by atoms with van der Waals surface area (Å²) < 4.78 is 55.4. The molecular weight excluding hydrogens is 627 g/mol.